The molecule has 130 valence electrons. The van der Waals surface area contributed by atoms with Gasteiger partial charge in [-0.25, -0.2) is 4.57 Å². The van der Waals surface area contributed by atoms with E-state index in [1.165, 1.54) is 6.42 Å². The smallest absolute Gasteiger partial charge is 0.416 e. The molecule has 24 heavy (non-hydrogen) atoms. The first kappa shape index (κ1) is 18.6. The number of hydrogen-bond donors (Lipinski definition) is 0. The molecule has 0 bridgehead atoms. The highest BCUT2D eigenvalue weighted by Crippen LogP contribution is 2.49. The average molecular weight is 346 g/mol. The Morgan fingerprint density at radius 3 is 1.75 bits per heavy atom. The lowest BCUT2D eigenvalue weighted by Crippen LogP contribution is -2.05. The molecule has 3 nitrogen and oxygen atoms in total. The molecule has 0 spiro atoms. The predicted octanol–water partition coefficient (Wildman–Crippen LogP) is 6.55. The second-order valence-corrected chi connectivity index (χ2v) is 8.42. The van der Waals surface area contributed by atoms with Gasteiger partial charge >= 0.3 is 7.60 Å². The Kier molecular flexibility index (Phi) is 7.39. The van der Waals surface area contributed by atoms with Gasteiger partial charge in [0.05, 0.1) is 6.16 Å². The fraction of sp³-hybridized carbons (Fsp3) is 0.400. The SMILES string of the molecule is CC(C)CCCCCP(=O)(Oc1ccccc1)Oc1ccccc1. The number of para-hydroxylation sites is 2. The molecule has 0 aliphatic carbocycles. The van der Waals surface area contributed by atoms with E-state index in [1.54, 1.807) is 24.3 Å². The third-order valence-electron chi connectivity index (χ3n) is 3.69. The van der Waals surface area contributed by atoms with Crippen LogP contribution in [0.15, 0.2) is 60.7 Å². The van der Waals surface area contributed by atoms with E-state index in [4.69, 9.17) is 9.05 Å². The summed E-state index contributed by atoms with van der Waals surface area (Å²) in [5, 5.41) is 0. The summed E-state index contributed by atoms with van der Waals surface area (Å²) in [5.74, 6) is 1.87. The quantitative estimate of drug-likeness (QED) is 0.361. The van der Waals surface area contributed by atoms with Gasteiger partial charge in [0.25, 0.3) is 0 Å². The Hall–Kier alpha value is -1.73. The van der Waals surface area contributed by atoms with Crippen molar-refractivity contribution in [3.63, 3.8) is 0 Å². The maximum Gasteiger partial charge on any atom is 0.430 e. The van der Waals surface area contributed by atoms with Crippen LogP contribution in [0.1, 0.15) is 39.5 Å². The van der Waals surface area contributed by atoms with Crippen LogP contribution in [0.2, 0.25) is 0 Å². The second-order valence-electron chi connectivity index (χ2n) is 6.39. The zero-order chi connectivity index (χ0) is 17.3. The predicted molar refractivity (Wildman–Crippen MR) is 99.9 cm³/mol. The summed E-state index contributed by atoms with van der Waals surface area (Å²) in [6.07, 6.45) is 4.65. The van der Waals surface area contributed by atoms with Crippen molar-refractivity contribution in [3.8, 4) is 11.5 Å². The van der Waals surface area contributed by atoms with Crippen molar-refractivity contribution in [2.75, 3.05) is 6.16 Å². The maximum absolute atomic E-state index is 13.2. The van der Waals surface area contributed by atoms with Crippen molar-refractivity contribution in [2.45, 2.75) is 39.5 Å². The number of benzene rings is 2. The van der Waals surface area contributed by atoms with Gasteiger partial charge in [-0.15, -0.1) is 0 Å². The van der Waals surface area contributed by atoms with Crippen LogP contribution in [0.5, 0.6) is 11.5 Å². The number of rotatable bonds is 10. The van der Waals surface area contributed by atoms with Crippen LogP contribution in [-0.2, 0) is 4.57 Å². The van der Waals surface area contributed by atoms with E-state index < -0.39 is 7.60 Å². The minimum absolute atomic E-state index is 0.425. The summed E-state index contributed by atoms with van der Waals surface area (Å²) in [4.78, 5) is 0. The normalized spacial score (nSPS) is 11.5. The van der Waals surface area contributed by atoms with Crippen LogP contribution < -0.4 is 9.05 Å². The van der Waals surface area contributed by atoms with Gasteiger partial charge in [0.1, 0.15) is 11.5 Å². The topological polar surface area (TPSA) is 35.5 Å². The maximum atomic E-state index is 13.2. The first-order chi connectivity index (χ1) is 11.6. The van der Waals surface area contributed by atoms with Crippen LogP contribution in [0.3, 0.4) is 0 Å². The summed E-state index contributed by atoms with van der Waals surface area (Å²) in [6, 6.07) is 18.5. The molecule has 0 heterocycles. The van der Waals surface area contributed by atoms with Gasteiger partial charge in [-0.3, -0.25) is 0 Å². The fourth-order valence-electron chi connectivity index (χ4n) is 2.43. The molecule has 0 fully saturated rings. The highest BCUT2D eigenvalue weighted by Gasteiger charge is 2.27. The fourth-order valence-corrected chi connectivity index (χ4v) is 4.15. The first-order valence-electron chi connectivity index (χ1n) is 8.66. The van der Waals surface area contributed by atoms with E-state index in [9.17, 15) is 4.57 Å². The summed E-state index contributed by atoms with van der Waals surface area (Å²) in [5.41, 5.74) is 0. The Balaban J connectivity index is 1.99. The second kappa shape index (κ2) is 9.54. The lowest BCUT2D eigenvalue weighted by Gasteiger charge is -2.20. The first-order valence-corrected chi connectivity index (χ1v) is 10.4. The van der Waals surface area contributed by atoms with E-state index in [1.807, 2.05) is 36.4 Å². The van der Waals surface area contributed by atoms with Gasteiger partial charge in [-0.1, -0.05) is 69.5 Å². The molecule has 4 heteroatoms. The zero-order valence-corrected chi connectivity index (χ0v) is 15.5. The van der Waals surface area contributed by atoms with Crippen molar-refractivity contribution in [3.05, 3.63) is 60.7 Å². The molecule has 0 aliphatic heterocycles. The largest absolute Gasteiger partial charge is 0.430 e. The lowest BCUT2D eigenvalue weighted by atomic mass is 10.1. The Bertz CT molecular complexity index is 580. The minimum atomic E-state index is -3.23. The number of hydrogen-bond acceptors (Lipinski definition) is 3. The van der Waals surface area contributed by atoms with Crippen molar-refractivity contribution < 1.29 is 13.6 Å². The summed E-state index contributed by atoms with van der Waals surface area (Å²) < 4.78 is 24.7. The Labute approximate surface area is 145 Å². The van der Waals surface area contributed by atoms with Gasteiger partial charge in [-0.2, -0.15) is 0 Å². The van der Waals surface area contributed by atoms with Crippen molar-refractivity contribution in [2.24, 2.45) is 5.92 Å². The van der Waals surface area contributed by atoms with E-state index in [-0.39, 0.29) is 0 Å². The third-order valence-corrected chi connectivity index (χ3v) is 5.53. The van der Waals surface area contributed by atoms with Crippen LogP contribution in [-0.4, -0.2) is 6.16 Å². The van der Waals surface area contributed by atoms with Gasteiger partial charge in [0, 0.05) is 0 Å². The van der Waals surface area contributed by atoms with Gasteiger partial charge < -0.3 is 9.05 Å². The zero-order valence-electron chi connectivity index (χ0n) is 14.6. The summed E-state index contributed by atoms with van der Waals surface area (Å²) >= 11 is 0. The average Bonchev–Trinajstić information content (AvgIpc) is 2.56. The van der Waals surface area contributed by atoms with E-state index >= 15 is 0 Å². The van der Waals surface area contributed by atoms with E-state index in [0.29, 0.717) is 23.6 Å². The van der Waals surface area contributed by atoms with Crippen LogP contribution in [0, 0.1) is 5.92 Å². The molecule has 2 rings (SSSR count). The van der Waals surface area contributed by atoms with Crippen LogP contribution >= 0.6 is 7.60 Å². The molecule has 0 aliphatic rings. The molecule has 0 N–H and O–H groups in total. The molecule has 0 amide bonds. The van der Waals surface area contributed by atoms with E-state index in [0.717, 1.165) is 19.3 Å². The van der Waals surface area contributed by atoms with Gasteiger partial charge in [0.2, 0.25) is 0 Å². The number of unbranched alkanes of at least 4 members (excludes halogenated alkanes) is 2. The molecular weight excluding hydrogens is 319 g/mol. The molecule has 0 atom stereocenters. The Morgan fingerprint density at radius 1 is 0.792 bits per heavy atom. The third kappa shape index (κ3) is 6.80. The summed E-state index contributed by atoms with van der Waals surface area (Å²) in [6.45, 7) is 4.45. The monoisotopic (exact) mass is 346 g/mol. The highest BCUT2D eigenvalue weighted by atomic mass is 31.2. The van der Waals surface area contributed by atoms with Crippen molar-refractivity contribution >= 4 is 7.60 Å². The molecule has 0 radical (unpaired) electrons. The van der Waals surface area contributed by atoms with Crippen molar-refractivity contribution in [1.82, 2.24) is 0 Å². The molecule has 0 aromatic heterocycles. The molecule has 0 unspecified atom stereocenters. The molecule has 0 saturated heterocycles. The molecule has 2 aromatic carbocycles. The molecular formula is C20H27O3P. The van der Waals surface area contributed by atoms with Crippen molar-refractivity contribution in [1.29, 1.82) is 0 Å². The highest BCUT2D eigenvalue weighted by molar-refractivity contribution is 7.54. The van der Waals surface area contributed by atoms with Crippen LogP contribution in [0.4, 0.5) is 0 Å². The van der Waals surface area contributed by atoms with Gasteiger partial charge in [-0.05, 0) is 36.6 Å². The van der Waals surface area contributed by atoms with Gasteiger partial charge in [0.15, 0.2) is 0 Å². The Morgan fingerprint density at radius 2 is 1.29 bits per heavy atom. The van der Waals surface area contributed by atoms with Crippen LogP contribution in [0.25, 0.3) is 0 Å². The summed E-state index contributed by atoms with van der Waals surface area (Å²) in [7, 11) is -3.23. The van der Waals surface area contributed by atoms with E-state index in [2.05, 4.69) is 13.8 Å². The molecule has 2 aromatic rings. The molecule has 0 saturated carbocycles. The standard InChI is InChI=1S/C20H27O3P/c1-18(2)12-6-5-11-17-24(21,22-19-13-7-3-8-14-19)23-20-15-9-4-10-16-20/h3-4,7-10,13-16,18H,5-6,11-12,17H2,1-2H3. The minimum Gasteiger partial charge on any atom is -0.416 e. The lowest BCUT2D eigenvalue weighted by molar-refractivity contribution is 0.383.